The third-order valence-corrected chi connectivity index (χ3v) is 3.46. The van der Waals surface area contributed by atoms with Gasteiger partial charge in [-0.25, -0.2) is 13.6 Å². The number of sulfonamides is 1. The van der Waals surface area contributed by atoms with Crippen LogP contribution in [0.3, 0.4) is 0 Å². The van der Waals surface area contributed by atoms with Crippen molar-refractivity contribution in [3.8, 4) is 0 Å². The lowest BCUT2D eigenvalue weighted by molar-refractivity contribution is -0.122. The van der Waals surface area contributed by atoms with Crippen LogP contribution in [0.1, 0.15) is 24.8 Å². The Balaban J connectivity index is 2.38. The molecule has 5 nitrogen and oxygen atoms in total. The number of nitrogens with two attached hydrogens (primary N) is 1. The van der Waals surface area contributed by atoms with Crippen molar-refractivity contribution in [1.29, 1.82) is 0 Å². The fourth-order valence-electron chi connectivity index (χ4n) is 1.53. The maximum Gasteiger partial charge on any atom is 0.227 e. The average Bonchev–Trinajstić information content (AvgIpc) is 2.33. The summed E-state index contributed by atoms with van der Waals surface area (Å²) in [6, 6.07) is 9.41. The highest BCUT2D eigenvalue weighted by molar-refractivity contribution is 7.89. The van der Waals surface area contributed by atoms with Crippen LogP contribution in [-0.2, 0) is 14.8 Å². The predicted octanol–water partition coefficient (Wildman–Crippen LogP) is 0.585. The number of carbonyl (C=O) groups excluding carboxylic acids is 1. The SMILES string of the molecule is CC(C(=O)NCCCS(N)(=O)=O)c1ccccc1. The van der Waals surface area contributed by atoms with E-state index in [-0.39, 0.29) is 17.6 Å². The van der Waals surface area contributed by atoms with Gasteiger partial charge in [-0.1, -0.05) is 30.3 Å². The molecular formula is C12H18N2O3S. The van der Waals surface area contributed by atoms with Gasteiger partial charge in [-0.15, -0.1) is 0 Å². The lowest BCUT2D eigenvalue weighted by Gasteiger charge is -2.12. The molecule has 1 unspecified atom stereocenters. The molecule has 18 heavy (non-hydrogen) atoms. The van der Waals surface area contributed by atoms with Crippen LogP contribution < -0.4 is 10.5 Å². The van der Waals surface area contributed by atoms with E-state index in [1.54, 1.807) is 0 Å². The van der Waals surface area contributed by atoms with Crippen molar-refractivity contribution < 1.29 is 13.2 Å². The molecule has 6 heteroatoms. The Morgan fingerprint density at radius 3 is 2.50 bits per heavy atom. The largest absolute Gasteiger partial charge is 0.356 e. The molecule has 1 atom stereocenters. The first-order valence-corrected chi connectivity index (χ1v) is 7.45. The minimum absolute atomic E-state index is 0.115. The van der Waals surface area contributed by atoms with Crippen molar-refractivity contribution in [3.05, 3.63) is 35.9 Å². The van der Waals surface area contributed by atoms with E-state index >= 15 is 0 Å². The van der Waals surface area contributed by atoms with Crippen LogP contribution in [0, 0.1) is 0 Å². The van der Waals surface area contributed by atoms with Crippen molar-refractivity contribution in [2.75, 3.05) is 12.3 Å². The Hall–Kier alpha value is -1.40. The zero-order valence-corrected chi connectivity index (χ0v) is 11.1. The quantitative estimate of drug-likeness (QED) is 0.741. The van der Waals surface area contributed by atoms with E-state index < -0.39 is 10.0 Å². The van der Waals surface area contributed by atoms with Crippen LogP contribution >= 0.6 is 0 Å². The molecule has 0 fully saturated rings. The van der Waals surface area contributed by atoms with Gasteiger partial charge in [0.05, 0.1) is 11.7 Å². The van der Waals surface area contributed by atoms with Crippen LogP contribution in [0.2, 0.25) is 0 Å². The van der Waals surface area contributed by atoms with E-state index in [9.17, 15) is 13.2 Å². The number of hydrogen-bond donors (Lipinski definition) is 2. The number of hydrogen-bond acceptors (Lipinski definition) is 3. The molecule has 100 valence electrons. The van der Waals surface area contributed by atoms with E-state index in [4.69, 9.17) is 5.14 Å². The number of benzene rings is 1. The number of primary sulfonamides is 1. The summed E-state index contributed by atoms with van der Waals surface area (Å²) in [5, 5.41) is 7.56. The maximum absolute atomic E-state index is 11.8. The summed E-state index contributed by atoms with van der Waals surface area (Å²) in [5.74, 6) is -0.483. The van der Waals surface area contributed by atoms with Crippen LogP contribution in [0.25, 0.3) is 0 Å². The van der Waals surface area contributed by atoms with Crippen molar-refractivity contribution in [2.45, 2.75) is 19.3 Å². The van der Waals surface area contributed by atoms with Gasteiger partial charge < -0.3 is 5.32 Å². The molecule has 3 N–H and O–H groups in total. The van der Waals surface area contributed by atoms with Gasteiger partial charge in [0.25, 0.3) is 0 Å². The molecule has 1 aromatic carbocycles. The van der Waals surface area contributed by atoms with Crippen molar-refractivity contribution >= 4 is 15.9 Å². The molecule has 0 spiro atoms. The Labute approximate surface area is 107 Å². The molecule has 0 aliphatic carbocycles. The second kappa shape index (κ2) is 6.51. The summed E-state index contributed by atoms with van der Waals surface area (Å²) >= 11 is 0. The number of rotatable bonds is 6. The molecule has 1 rings (SSSR count). The second-order valence-corrected chi connectivity index (χ2v) is 5.88. The molecule has 0 radical (unpaired) electrons. The average molecular weight is 270 g/mol. The minimum Gasteiger partial charge on any atom is -0.356 e. The number of amides is 1. The predicted molar refractivity (Wildman–Crippen MR) is 70.5 cm³/mol. The summed E-state index contributed by atoms with van der Waals surface area (Å²) in [6.07, 6.45) is 0.325. The fraction of sp³-hybridized carbons (Fsp3) is 0.417. The van der Waals surface area contributed by atoms with Crippen LogP contribution in [0.5, 0.6) is 0 Å². The van der Waals surface area contributed by atoms with Gasteiger partial charge in [0.2, 0.25) is 15.9 Å². The van der Waals surface area contributed by atoms with Crippen LogP contribution in [0.15, 0.2) is 30.3 Å². The summed E-state index contributed by atoms with van der Waals surface area (Å²) in [7, 11) is -3.45. The van der Waals surface area contributed by atoms with Gasteiger partial charge in [0, 0.05) is 6.54 Å². The topological polar surface area (TPSA) is 89.3 Å². The van der Waals surface area contributed by atoms with Gasteiger partial charge in [0.1, 0.15) is 0 Å². The zero-order valence-electron chi connectivity index (χ0n) is 10.3. The highest BCUT2D eigenvalue weighted by Gasteiger charge is 2.14. The first-order valence-electron chi connectivity index (χ1n) is 5.73. The summed E-state index contributed by atoms with van der Waals surface area (Å²) in [6.45, 7) is 2.12. The number of nitrogens with one attached hydrogen (secondary N) is 1. The molecule has 0 heterocycles. The second-order valence-electron chi connectivity index (χ2n) is 4.14. The Morgan fingerprint density at radius 1 is 1.33 bits per heavy atom. The Bertz CT molecular complexity index is 485. The normalized spacial score (nSPS) is 13.0. The van der Waals surface area contributed by atoms with Gasteiger partial charge in [-0.2, -0.15) is 0 Å². The maximum atomic E-state index is 11.8. The summed E-state index contributed by atoms with van der Waals surface area (Å²) in [4.78, 5) is 11.8. The molecule has 0 saturated heterocycles. The molecule has 0 bridgehead atoms. The van der Waals surface area contributed by atoms with E-state index in [2.05, 4.69) is 5.32 Å². The Kier molecular flexibility index (Phi) is 5.30. The van der Waals surface area contributed by atoms with Gasteiger partial charge >= 0.3 is 0 Å². The van der Waals surface area contributed by atoms with E-state index in [0.717, 1.165) is 5.56 Å². The molecule has 0 aromatic heterocycles. The molecule has 1 amide bonds. The summed E-state index contributed by atoms with van der Waals surface area (Å²) < 4.78 is 21.4. The third kappa shape index (κ3) is 5.29. The third-order valence-electron chi connectivity index (χ3n) is 2.60. The molecule has 0 saturated carbocycles. The zero-order chi connectivity index (χ0) is 13.6. The Morgan fingerprint density at radius 2 is 1.94 bits per heavy atom. The van der Waals surface area contributed by atoms with Crippen molar-refractivity contribution in [1.82, 2.24) is 5.32 Å². The lowest BCUT2D eigenvalue weighted by atomic mass is 10.0. The fourth-order valence-corrected chi connectivity index (χ4v) is 2.08. The van der Waals surface area contributed by atoms with E-state index in [1.807, 2.05) is 37.3 Å². The minimum atomic E-state index is -3.45. The van der Waals surface area contributed by atoms with Gasteiger partial charge in [-0.05, 0) is 18.9 Å². The number of carbonyl (C=O) groups is 1. The van der Waals surface area contributed by atoms with Crippen LogP contribution in [-0.4, -0.2) is 26.6 Å². The first kappa shape index (κ1) is 14.7. The first-order chi connectivity index (χ1) is 8.40. The van der Waals surface area contributed by atoms with E-state index in [1.165, 1.54) is 0 Å². The smallest absolute Gasteiger partial charge is 0.227 e. The monoisotopic (exact) mass is 270 g/mol. The molecule has 0 aliphatic rings. The van der Waals surface area contributed by atoms with E-state index in [0.29, 0.717) is 13.0 Å². The van der Waals surface area contributed by atoms with Gasteiger partial charge in [-0.3, -0.25) is 4.79 Å². The van der Waals surface area contributed by atoms with Crippen molar-refractivity contribution in [3.63, 3.8) is 0 Å². The molecular weight excluding hydrogens is 252 g/mol. The van der Waals surface area contributed by atoms with Crippen LogP contribution in [0.4, 0.5) is 0 Å². The molecule has 1 aromatic rings. The molecule has 0 aliphatic heterocycles. The highest BCUT2D eigenvalue weighted by atomic mass is 32.2. The van der Waals surface area contributed by atoms with Gasteiger partial charge in [0.15, 0.2) is 0 Å². The highest BCUT2D eigenvalue weighted by Crippen LogP contribution is 2.14. The standard InChI is InChI=1S/C12H18N2O3S/c1-10(11-6-3-2-4-7-11)12(15)14-8-5-9-18(13,16)17/h2-4,6-7,10H,5,8-9H2,1H3,(H,14,15)(H2,13,16,17). The lowest BCUT2D eigenvalue weighted by Crippen LogP contribution is -2.30. The van der Waals surface area contributed by atoms with Crippen molar-refractivity contribution in [2.24, 2.45) is 5.14 Å². The summed E-state index contributed by atoms with van der Waals surface area (Å²) in [5.41, 5.74) is 0.932.